The standard InChI is InChI=1S/C17H20N8O2/c1-23-14(11-25-6-2-5-20-25)21-22-16(23)12-3-7-24(8-4-12)17(27)13-9-19-15(26)10-18-13/h2,5-6,9-10,12H,3-4,7-8,11H2,1H3,(H,19,26). The first-order valence-corrected chi connectivity index (χ1v) is 8.81. The molecule has 4 heterocycles. The number of hydrogen-bond donors (Lipinski definition) is 1. The van der Waals surface area contributed by atoms with E-state index >= 15 is 0 Å². The first-order valence-electron chi connectivity index (χ1n) is 8.81. The predicted octanol–water partition coefficient (Wildman–Crippen LogP) is 0.163. The molecule has 0 spiro atoms. The SMILES string of the molecule is Cn1c(Cn2cccn2)nnc1C1CCN(C(=O)c2c[nH]c(=O)cn2)CC1. The number of nitrogens with zero attached hydrogens (tertiary/aromatic N) is 7. The molecule has 0 radical (unpaired) electrons. The van der Waals surface area contributed by atoms with Crippen LogP contribution in [0.2, 0.25) is 0 Å². The third-order valence-electron chi connectivity index (χ3n) is 4.90. The number of rotatable bonds is 4. The number of carbonyl (C=O) groups excluding carboxylic acids is 1. The molecule has 0 aliphatic carbocycles. The average Bonchev–Trinajstić information content (AvgIpc) is 3.33. The topological polar surface area (TPSA) is 115 Å². The first kappa shape index (κ1) is 17.1. The number of aromatic amines is 1. The Labute approximate surface area is 154 Å². The molecule has 0 atom stereocenters. The first-order chi connectivity index (χ1) is 13.1. The Hall–Kier alpha value is -3.30. The molecule has 1 aliphatic rings. The molecule has 1 saturated heterocycles. The van der Waals surface area contributed by atoms with Gasteiger partial charge in [-0.1, -0.05) is 0 Å². The van der Waals surface area contributed by atoms with Gasteiger partial charge >= 0.3 is 0 Å². The molecule has 3 aromatic heterocycles. The van der Waals surface area contributed by atoms with Gasteiger partial charge in [-0.15, -0.1) is 10.2 Å². The molecule has 1 N–H and O–H groups in total. The lowest BCUT2D eigenvalue weighted by molar-refractivity contribution is 0.0704. The van der Waals surface area contributed by atoms with Crippen LogP contribution >= 0.6 is 0 Å². The number of piperidine rings is 1. The highest BCUT2D eigenvalue weighted by Gasteiger charge is 2.28. The summed E-state index contributed by atoms with van der Waals surface area (Å²) in [6, 6.07) is 1.88. The van der Waals surface area contributed by atoms with Crippen molar-refractivity contribution in [2.75, 3.05) is 13.1 Å². The molecule has 0 unspecified atom stereocenters. The Bertz CT molecular complexity index is 962. The van der Waals surface area contributed by atoms with Gasteiger partial charge in [0.05, 0.1) is 6.20 Å². The zero-order chi connectivity index (χ0) is 18.8. The molecule has 1 amide bonds. The predicted molar refractivity (Wildman–Crippen MR) is 95.1 cm³/mol. The lowest BCUT2D eigenvalue weighted by Gasteiger charge is -2.31. The minimum Gasteiger partial charge on any atom is -0.337 e. The van der Waals surface area contributed by atoms with Crippen molar-refractivity contribution in [1.82, 2.24) is 39.4 Å². The Morgan fingerprint density at radius 3 is 2.78 bits per heavy atom. The fraction of sp³-hybridized carbons (Fsp3) is 0.412. The van der Waals surface area contributed by atoms with Crippen LogP contribution < -0.4 is 5.56 Å². The van der Waals surface area contributed by atoms with Gasteiger partial charge in [-0.05, 0) is 18.9 Å². The summed E-state index contributed by atoms with van der Waals surface area (Å²) in [5.41, 5.74) is -0.0633. The fourth-order valence-corrected chi connectivity index (χ4v) is 3.37. The van der Waals surface area contributed by atoms with E-state index in [1.807, 2.05) is 28.6 Å². The van der Waals surface area contributed by atoms with Crippen LogP contribution in [-0.4, -0.2) is 58.4 Å². The Morgan fingerprint density at radius 2 is 2.11 bits per heavy atom. The van der Waals surface area contributed by atoms with Crippen molar-refractivity contribution in [3.8, 4) is 0 Å². The smallest absolute Gasteiger partial charge is 0.273 e. The molecular formula is C17H20N8O2. The van der Waals surface area contributed by atoms with Crippen molar-refractivity contribution in [3.05, 3.63) is 58.6 Å². The molecule has 0 bridgehead atoms. The summed E-state index contributed by atoms with van der Waals surface area (Å²) in [4.78, 5) is 31.8. The van der Waals surface area contributed by atoms with Crippen molar-refractivity contribution in [1.29, 1.82) is 0 Å². The molecular weight excluding hydrogens is 348 g/mol. The van der Waals surface area contributed by atoms with Gasteiger partial charge in [0, 0.05) is 44.6 Å². The van der Waals surface area contributed by atoms with Crippen LogP contribution in [0.1, 0.15) is 40.9 Å². The number of nitrogens with one attached hydrogen (secondary N) is 1. The lowest BCUT2D eigenvalue weighted by atomic mass is 9.95. The number of hydrogen-bond acceptors (Lipinski definition) is 6. The van der Waals surface area contributed by atoms with Gasteiger partial charge in [0.1, 0.15) is 18.1 Å². The van der Waals surface area contributed by atoms with E-state index in [4.69, 9.17) is 0 Å². The summed E-state index contributed by atoms with van der Waals surface area (Å²) in [6.45, 7) is 1.81. The van der Waals surface area contributed by atoms with E-state index in [1.165, 1.54) is 6.20 Å². The number of carbonyl (C=O) groups is 1. The summed E-state index contributed by atoms with van der Waals surface area (Å²) < 4.78 is 3.83. The maximum atomic E-state index is 12.5. The quantitative estimate of drug-likeness (QED) is 0.702. The van der Waals surface area contributed by atoms with Crippen LogP contribution in [-0.2, 0) is 13.6 Å². The van der Waals surface area contributed by atoms with E-state index in [1.54, 1.807) is 11.1 Å². The van der Waals surface area contributed by atoms with Crippen LogP contribution in [0.4, 0.5) is 0 Å². The summed E-state index contributed by atoms with van der Waals surface area (Å²) in [7, 11) is 1.97. The van der Waals surface area contributed by atoms with E-state index in [2.05, 4.69) is 25.3 Å². The minimum atomic E-state index is -0.321. The number of likely N-dealkylation sites (tertiary alicyclic amines) is 1. The second-order valence-corrected chi connectivity index (χ2v) is 6.60. The number of aromatic nitrogens is 7. The van der Waals surface area contributed by atoms with Crippen molar-refractivity contribution in [3.63, 3.8) is 0 Å². The van der Waals surface area contributed by atoms with E-state index in [0.717, 1.165) is 30.7 Å². The van der Waals surface area contributed by atoms with Crippen molar-refractivity contribution >= 4 is 5.91 Å². The maximum Gasteiger partial charge on any atom is 0.273 e. The van der Waals surface area contributed by atoms with Gasteiger partial charge in [0.25, 0.3) is 11.5 Å². The molecule has 140 valence electrons. The van der Waals surface area contributed by atoms with Crippen LogP contribution in [0.15, 0.2) is 35.6 Å². The largest absolute Gasteiger partial charge is 0.337 e. The highest BCUT2D eigenvalue weighted by molar-refractivity contribution is 5.92. The lowest BCUT2D eigenvalue weighted by Crippen LogP contribution is -2.39. The second-order valence-electron chi connectivity index (χ2n) is 6.60. The average molecular weight is 368 g/mol. The molecule has 10 nitrogen and oxygen atoms in total. The van der Waals surface area contributed by atoms with Crippen LogP contribution in [0.5, 0.6) is 0 Å². The number of amides is 1. The van der Waals surface area contributed by atoms with E-state index in [9.17, 15) is 9.59 Å². The summed E-state index contributed by atoms with van der Waals surface area (Å²) in [6.07, 6.45) is 7.73. The highest BCUT2D eigenvalue weighted by Crippen LogP contribution is 2.27. The fourth-order valence-electron chi connectivity index (χ4n) is 3.37. The van der Waals surface area contributed by atoms with Crippen LogP contribution in [0.3, 0.4) is 0 Å². The molecule has 1 aliphatic heterocycles. The van der Waals surface area contributed by atoms with Crippen molar-refractivity contribution in [2.45, 2.75) is 25.3 Å². The molecule has 0 aromatic carbocycles. The van der Waals surface area contributed by atoms with Gasteiger partial charge in [-0.3, -0.25) is 14.3 Å². The summed E-state index contributed by atoms with van der Waals surface area (Å²) in [5, 5.41) is 12.9. The van der Waals surface area contributed by atoms with E-state index in [-0.39, 0.29) is 23.1 Å². The van der Waals surface area contributed by atoms with Crippen LogP contribution in [0.25, 0.3) is 0 Å². The normalized spacial score (nSPS) is 15.2. The molecule has 3 aromatic rings. The van der Waals surface area contributed by atoms with Gasteiger partial charge in [0.2, 0.25) is 0 Å². The van der Waals surface area contributed by atoms with Gasteiger partial charge in [0.15, 0.2) is 5.82 Å². The van der Waals surface area contributed by atoms with Crippen molar-refractivity contribution < 1.29 is 4.79 Å². The molecule has 10 heteroatoms. The van der Waals surface area contributed by atoms with Gasteiger partial charge < -0.3 is 14.5 Å². The monoisotopic (exact) mass is 368 g/mol. The van der Waals surface area contributed by atoms with E-state index in [0.29, 0.717) is 19.6 Å². The molecule has 0 saturated carbocycles. The second kappa shape index (κ2) is 7.14. The third kappa shape index (κ3) is 3.50. The van der Waals surface area contributed by atoms with Gasteiger partial charge in [-0.2, -0.15) is 5.10 Å². The Balaban J connectivity index is 1.40. The highest BCUT2D eigenvalue weighted by atomic mass is 16.2. The molecule has 1 fully saturated rings. The zero-order valence-corrected chi connectivity index (χ0v) is 14.9. The van der Waals surface area contributed by atoms with E-state index < -0.39 is 0 Å². The third-order valence-corrected chi connectivity index (χ3v) is 4.90. The summed E-state index contributed by atoms with van der Waals surface area (Å²) >= 11 is 0. The minimum absolute atomic E-state index is 0.165. The number of H-pyrrole nitrogens is 1. The van der Waals surface area contributed by atoms with Crippen molar-refractivity contribution in [2.24, 2.45) is 7.05 Å². The van der Waals surface area contributed by atoms with Crippen LogP contribution in [0, 0.1) is 0 Å². The maximum absolute atomic E-state index is 12.5. The molecule has 27 heavy (non-hydrogen) atoms. The zero-order valence-electron chi connectivity index (χ0n) is 14.9. The van der Waals surface area contributed by atoms with Gasteiger partial charge in [-0.25, -0.2) is 4.98 Å². The Morgan fingerprint density at radius 1 is 1.30 bits per heavy atom. The summed E-state index contributed by atoms with van der Waals surface area (Å²) in [5.74, 6) is 1.87. The Kier molecular flexibility index (Phi) is 4.53. The molecule has 4 rings (SSSR count).